The molecule has 0 saturated heterocycles. The van der Waals surface area contributed by atoms with Crippen LogP contribution in [-0.4, -0.2) is 22.6 Å². The molecule has 3 nitrogen and oxygen atoms in total. The van der Waals surface area contributed by atoms with Crippen molar-refractivity contribution in [3.8, 4) is 0 Å². The largest absolute Gasteiger partial charge is 0.328 e. The SMILES string of the molecule is CSC(CN)n1nccc1C. The Hall–Kier alpha value is -0.480. The summed E-state index contributed by atoms with van der Waals surface area (Å²) in [7, 11) is 0. The zero-order valence-corrected chi connectivity index (χ0v) is 7.64. The summed E-state index contributed by atoms with van der Waals surface area (Å²) >= 11 is 1.72. The van der Waals surface area contributed by atoms with E-state index >= 15 is 0 Å². The minimum Gasteiger partial charge on any atom is -0.328 e. The number of nitrogens with zero attached hydrogens (tertiary/aromatic N) is 2. The number of rotatable bonds is 3. The Morgan fingerprint density at radius 3 is 2.91 bits per heavy atom. The molecular weight excluding hydrogens is 158 g/mol. The lowest BCUT2D eigenvalue weighted by Crippen LogP contribution is -2.17. The first-order chi connectivity index (χ1) is 5.29. The molecule has 0 amide bonds. The van der Waals surface area contributed by atoms with Crippen LogP contribution in [0.4, 0.5) is 0 Å². The van der Waals surface area contributed by atoms with E-state index in [4.69, 9.17) is 5.73 Å². The van der Waals surface area contributed by atoms with Gasteiger partial charge in [0.25, 0.3) is 0 Å². The number of aromatic nitrogens is 2. The van der Waals surface area contributed by atoms with Gasteiger partial charge >= 0.3 is 0 Å². The fraction of sp³-hybridized carbons (Fsp3) is 0.571. The summed E-state index contributed by atoms with van der Waals surface area (Å²) in [5.41, 5.74) is 6.72. The Morgan fingerprint density at radius 2 is 2.55 bits per heavy atom. The van der Waals surface area contributed by atoms with E-state index in [0.29, 0.717) is 6.54 Å². The second-order valence-electron chi connectivity index (χ2n) is 2.34. The number of hydrogen-bond acceptors (Lipinski definition) is 3. The van der Waals surface area contributed by atoms with Gasteiger partial charge in [-0.15, -0.1) is 11.8 Å². The number of aryl methyl sites for hydroxylation is 1. The fourth-order valence-corrected chi connectivity index (χ4v) is 1.59. The van der Waals surface area contributed by atoms with E-state index < -0.39 is 0 Å². The monoisotopic (exact) mass is 171 g/mol. The second kappa shape index (κ2) is 3.78. The molecule has 0 aromatic carbocycles. The van der Waals surface area contributed by atoms with Crippen LogP contribution in [0.1, 0.15) is 11.1 Å². The molecule has 1 aromatic rings. The first-order valence-corrected chi connectivity index (χ1v) is 4.81. The van der Waals surface area contributed by atoms with Crippen molar-refractivity contribution in [3.63, 3.8) is 0 Å². The summed E-state index contributed by atoms with van der Waals surface area (Å²) in [6, 6.07) is 1.98. The van der Waals surface area contributed by atoms with Gasteiger partial charge in [-0.05, 0) is 19.2 Å². The molecule has 0 aliphatic carbocycles. The van der Waals surface area contributed by atoms with Gasteiger partial charge in [0.05, 0.1) is 0 Å². The van der Waals surface area contributed by atoms with Crippen LogP contribution < -0.4 is 5.73 Å². The molecule has 0 fully saturated rings. The van der Waals surface area contributed by atoms with Crippen LogP contribution in [0, 0.1) is 6.92 Å². The van der Waals surface area contributed by atoms with Crippen LogP contribution in [0.3, 0.4) is 0 Å². The van der Waals surface area contributed by atoms with E-state index in [-0.39, 0.29) is 5.37 Å². The van der Waals surface area contributed by atoms with E-state index in [1.807, 2.05) is 23.9 Å². The van der Waals surface area contributed by atoms with Gasteiger partial charge < -0.3 is 5.73 Å². The van der Waals surface area contributed by atoms with Crippen LogP contribution in [0.2, 0.25) is 0 Å². The highest BCUT2D eigenvalue weighted by Crippen LogP contribution is 2.18. The van der Waals surface area contributed by atoms with Crippen molar-refractivity contribution in [1.29, 1.82) is 0 Å². The van der Waals surface area contributed by atoms with Gasteiger partial charge in [-0.25, -0.2) is 0 Å². The van der Waals surface area contributed by atoms with Crippen LogP contribution >= 0.6 is 11.8 Å². The molecule has 0 aliphatic heterocycles. The lowest BCUT2D eigenvalue weighted by atomic mass is 10.5. The van der Waals surface area contributed by atoms with Gasteiger partial charge in [-0.1, -0.05) is 0 Å². The fourth-order valence-electron chi connectivity index (χ4n) is 0.978. The van der Waals surface area contributed by atoms with Crippen molar-refractivity contribution in [2.45, 2.75) is 12.3 Å². The Bertz CT molecular complexity index is 217. The van der Waals surface area contributed by atoms with Crippen molar-refractivity contribution < 1.29 is 0 Å². The molecular formula is C7H13N3S. The van der Waals surface area contributed by atoms with Gasteiger partial charge in [0.2, 0.25) is 0 Å². The molecule has 0 spiro atoms. The van der Waals surface area contributed by atoms with Crippen molar-refractivity contribution in [2.24, 2.45) is 5.73 Å². The lowest BCUT2D eigenvalue weighted by Gasteiger charge is -2.13. The highest BCUT2D eigenvalue weighted by Gasteiger charge is 2.08. The number of thioether (sulfide) groups is 1. The van der Waals surface area contributed by atoms with Crippen LogP contribution in [0.25, 0.3) is 0 Å². The third kappa shape index (κ3) is 1.75. The Kier molecular flexibility index (Phi) is 2.96. The molecule has 1 unspecified atom stereocenters. The van der Waals surface area contributed by atoms with Gasteiger partial charge in [0.15, 0.2) is 0 Å². The maximum Gasteiger partial charge on any atom is 0.109 e. The predicted molar refractivity (Wildman–Crippen MR) is 48.6 cm³/mol. The zero-order chi connectivity index (χ0) is 8.27. The van der Waals surface area contributed by atoms with E-state index in [9.17, 15) is 0 Å². The summed E-state index contributed by atoms with van der Waals surface area (Å²) in [6.07, 6.45) is 3.84. The molecule has 0 bridgehead atoms. The van der Waals surface area contributed by atoms with Crippen molar-refractivity contribution in [2.75, 3.05) is 12.8 Å². The average molecular weight is 171 g/mol. The standard InChI is InChI=1S/C7H13N3S/c1-6-3-4-9-10(6)7(5-8)11-2/h3-4,7H,5,8H2,1-2H3. The molecule has 1 heterocycles. The third-order valence-electron chi connectivity index (χ3n) is 1.61. The highest BCUT2D eigenvalue weighted by atomic mass is 32.2. The first kappa shape index (κ1) is 8.62. The summed E-state index contributed by atoms with van der Waals surface area (Å²) in [5.74, 6) is 0. The summed E-state index contributed by atoms with van der Waals surface area (Å²) in [5, 5.41) is 4.46. The van der Waals surface area contributed by atoms with Crippen molar-refractivity contribution in [3.05, 3.63) is 18.0 Å². The molecule has 0 radical (unpaired) electrons. The maximum atomic E-state index is 5.56. The summed E-state index contributed by atoms with van der Waals surface area (Å²) < 4.78 is 1.95. The zero-order valence-electron chi connectivity index (χ0n) is 6.82. The van der Waals surface area contributed by atoms with Gasteiger partial charge in [-0.3, -0.25) is 4.68 Å². The second-order valence-corrected chi connectivity index (χ2v) is 3.36. The van der Waals surface area contributed by atoms with Crippen LogP contribution in [0.5, 0.6) is 0 Å². The highest BCUT2D eigenvalue weighted by molar-refractivity contribution is 7.98. The van der Waals surface area contributed by atoms with Gasteiger partial charge in [0.1, 0.15) is 5.37 Å². The molecule has 0 saturated carbocycles. The van der Waals surface area contributed by atoms with Gasteiger partial charge in [0, 0.05) is 18.4 Å². The number of hydrogen-bond donors (Lipinski definition) is 1. The molecule has 1 rings (SSSR count). The molecule has 2 N–H and O–H groups in total. The van der Waals surface area contributed by atoms with Crippen LogP contribution in [0.15, 0.2) is 12.3 Å². The quantitative estimate of drug-likeness (QED) is 0.738. The predicted octanol–water partition coefficient (Wildman–Crippen LogP) is 1.01. The smallest absolute Gasteiger partial charge is 0.109 e. The Labute approximate surface area is 71.0 Å². The number of nitrogens with two attached hydrogens (primary N) is 1. The molecule has 0 aliphatic rings. The minimum atomic E-state index is 0.282. The van der Waals surface area contributed by atoms with E-state index in [0.717, 1.165) is 5.69 Å². The minimum absolute atomic E-state index is 0.282. The average Bonchev–Trinajstić information content (AvgIpc) is 2.40. The molecule has 11 heavy (non-hydrogen) atoms. The molecule has 4 heteroatoms. The Balaban J connectivity index is 2.81. The van der Waals surface area contributed by atoms with Crippen molar-refractivity contribution >= 4 is 11.8 Å². The molecule has 62 valence electrons. The van der Waals surface area contributed by atoms with E-state index in [1.165, 1.54) is 0 Å². The topological polar surface area (TPSA) is 43.8 Å². The third-order valence-corrected chi connectivity index (χ3v) is 2.55. The van der Waals surface area contributed by atoms with Gasteiger partial charge in [-0.2, -0.15) is 5.10 Å². The van der Waals surface area contributed by atoms with E-state index in [2.05, 4.69) is 5.10 Å². The van der Waals surface area contributed by atoms with E-state index in [1.54, 1.807) is 18.0 Å². The summed E-state index contributed by atoms with van der Waals surface area (Å²) in [4.78, 5) is 0. The van der Waals surface area contributed by atoms with Crippen LogP contribution in [-0.2, 0) is 0 Å². The van der Waals surface area contributed by atoms with Crippen molar-refractivity contribution in [1.82, 2.24) is 9.78 Å². The maximum absolute atomic E-state index is 5.56. The summed E-state index contributed by atoms with van der Waals surface area (Å²) in [6.45, 7) is 2.66. The normalized spacial score (nSPS) is 13.4. The first-order valence-electron chi connectivity index (χ1n) is 3.52. The molecule has 1 aromatic heterocycles. The molecule has 1 atom stereocenters. The lowest BCUT2D eigenvalue weighted by molar-refractivity contribution is 0.593. The Morgan fingerprint density at radius 1 is 1.82 bits per heavy atom.